The molecule has 0 aliphatic carbocycles. The van der Waals surface area contributed by atoms with Gasteiger partial charge in [-0.15, -0.1) is 0 Å². The number of aliphatic imine (C=N–C) groups is 1. The summed E-state index contributed by atoms with van der Waals surface area (Å²) in [4.78, 5) is 32.3. The third-order valence-electron chi connectivity index (χ3n) is 5.43. The largest absolute Gasteiger partial charge is 0.494 e. The predicted octanol–water partition coefficient (Wildman–Crippen LogP) is 4.97. The molecule has 0 aliphatic rings. The van der Waals surface area contributed by atoms with Gasteiger partial charge in [-0.05, 0) is 67.4 Å². The Bertz CT molecular complexity index is 1380. The summed E-state index contributed by atoms with van der Waals surface area (Å²) < 4.78 is 5.51. The van der Waals surface area contributed by atoms with Gasteiger partial charge in [0.1, 0.15) is 5.75 Å². The van der Waals surface area contributed by atoms with Crippen LogP contribution < -0.4 is 20.7 Å². The van der Waals surface area contributed by atoms with E-state index in [0.717, 1.165) is 27.9 Å². The highest BCUT2D eigenvalue weighted by molar-refractivity contribution is 6.10. The van der Waals surface area contributed by atoms with Gasteiger partial charge in [0.25, 0.3) is 5.91 Å². The fraction of sp³-hybridized carbons (Fsp3) is 0.179. The van der Waals surface area contributed by atoms with Crippen molar-refractivity contribution >= 4 is 40.1 Å². The lowest BCUT2D eigenvalue weighted by Gasteiger charge is -2.13. The number of para-hydroxylation sites is 1. The van der Waals surface area contributed by atoms with Crippen LogP contribution in [0.25, 0.3) is 10.9 Å². The number of benzene rings is 3. The summed E-state index contributed by atoms with van der Waals surface area (Å²) in [5.41, 5.74) is 3.95. The number of nitrogens with zero attached hydrogens (tertiary/aromatic N) is 1. The van der Waals surface area contributed by atoms with Gasteiger partial charge in [-0.25, -0.2) is 0 Å². The zero-order valence-electron chi connectivity index (χ0n) is 20.3. The van der Waals surface area contributed by atoms with Gasteiger partial charge in [0.15, 0.2) is 0 Å². The third kappa shape index (κ3) is 6.50. The molecule has 0 saturated carbocycles. The SMILES string of the molecule is CCOc1ccc(NC(=NCCc2c[nH]c3ccccc23)NC(=O)c2cccc(NC(C)=O)c2)cc1. The highest BCUT2D eigenvalue weighted by Crippen LogP contribution is 2.19. The van der Waals surface area contributed by atoms with Crippen LogP contribution in [0.15, 0.2) is 84.0 Å². The summed E-state index contributed by atoms with van der Waals surface area (Å²) in [7, 11) is 0. The zero-order chi connectivity index (χ0) is 25.3. The van der Waals surface area contributed by atoms with E-state index in [1.165, 1.54) is 6.92 Å². The second kappa shape index (κ2) is 11.7. The van der Waals surface area contributed by atoms with Gasteiger partial charge >= 0.3 is 0 Å². The van der Waals surface area contributed by atoms with E-state index >= 15 is 0 Å². The first-order valence-electron chi connectivity index (χ1n) is 11.8. The van der Waals surface area contributed by atoms with Crippen molar-refractivity contribution < 1.29 is 14.3 Å². The second-order valence-electron chi connectivity index (χ2n) is 8.14. The molecule has 2 amide bonds. The molecule has 184 valence electrons. The molecule has 1 heterocycles. The molecule has 3 aromatic carbocycles. The first kappa shape index (κ1) is 24.5. The van der Waals surface area contributed by atoms with Crippen LogP contribution in [0.3, 0.4) is 0 Å². The number of fused-ring (bicyclic) bond motifs is 1. The molecule has 0 atom stereocenters. The van der Waals surface area contributed by atoms with Gasteiger partial charge in [0, 0.05) is 47.5 Å². The molecule has 1 aromatic heterocycles. The molecule has 4 N–H and O–H groups in total. The number of guanidine groups is 1. The Hall–Kier alpha value is -4.59. The standard InChI is InChI=1S/C28H29N5O3/c1-3-36-24-13-11-22(12-14-24)32-28(29-16-15-21-18-30-26-10-5-4-9-25(21)26)33-27(35)20-7-6-8-23(17-20)31-19(2)34/h4-14,17-18,30H,3,15-16H2,1-2H3,(H,31,34)(H2,29,32,33,35). The molecule has 0 saturated heterocycles. The molecule has 4 rings (SSSR count). The van der Waals surface area contributed by atoms with E-state index in [9.17, 15) is 9.59 Å². The van der Waals surface area contributed by atoms with Crippen molar-refractivity contribution in [3.63, 3.8) is 0 Å². The van der Waals surface area contributed by atoms with Crippen LogP contribution in [0.1, 0.15) is 29.8 Å². The summed E-state index contributed by atoms with van der Waals surface area (Å²) in [5.74, 6) is 0.546. The summed E-state index contributed by atoms with van der Waals surface area (Å²) >= 11 is 0. The lowest BCUT2D eigenvalue weighted by Crippen LogP contribution is -2.36. The van der Waals surface area contributed by atoms with Crippen LogP contribution in [0.5, 0.6) is 5.75 Å². The van der Waals surface area contributed by atoms with E-state index < -0.39 is 0 Å². The number of hydrogen-bond acceptors (Lipinski definition) is 4. The van der Waals surface area contributed by atoms with Crippen molar-refractivity contribution in [3.05, 3.63) is 90.1 Å². The minimum absolute atomic E-state index is 0.204. The van der Waals surface area contributed by atoms with Crippen LogP contribution in [0.2, 0.25) is 0 Å². The maximum absolute atomic E-state index is 13.0. The number of nitrogens with one attached hydrogen (secondary N) is 4. The number of ether oxygens (including phenoxy) is 1. The molecule has 0 radical (unpaired) electrons. The number of aromatic amines is 1. The minimum Gasteiger partial charge on any atom is -0.494 e. The van der Waals surface area contributed by atoms with Crippen molar-refractivity contribution in [1.82, 2.24) is 10.3 Å². The van der Waals surface area contributed by atoms with Gasteiger partial charge in [-0.2, -0.15) is 0 Å². The Kier molecular flexibility index (Phi) is 7.97. The fourth-order valence-corrected chi connectivity index (χ4v) is 3.80. The first-order chi connectivity index (χ1) is 17.5. The molecule has 8 nitrogen and oxygen atoms in total. The number of carbonyl (C=O) groups excluding carboxylic acids is 2. The number of anilines is 2. The average Bonchev–Trinajstić information content (AvgIpc) is 3.28. The van der Waals surface area contributed by atoms with Gasteiger partial charge in [-0.1, -0.05) is 24.3 Å². The molecule has 0 unspecified atom stereocenters. The second-order valence-corrected chi connectivity index (χ2v) is 8.14. The lowest BCUT2D eigenvalue weighted by molar-refractivity contribution is -0.114. The first-order valence-corrected chi connectivity index (χ1v) is 11.8. The Balaban J connectivity index is 1.51. The topological polar surface area (TPSA) is 108 Å². The summed E-state index contributed by atoms with van der Waals surface area (Å²) in [6.45, 7) is 4.40. The Morgan fingerprint density at radius 1 is 0.944 bits per heavy atom. The molecule has 0 aliphatic heterocycles. The van der Waals surface area contributed by atoms with Crippen molar-refractivity contribution in [2.24, 2.45) is 4.99 Å². The van der Waals surface area contributed by atoms with Gasteiger partial charge < -0.3 is 20.4 Å². The summed E-state index contributed by atoms with van der Waals surface area (Å²) in [6.07, 6.45) is 2.69. The van der Waals surface area contributed by atoms with Gasteiger partial charge in [0.05, 0.1) is 6.61 Å². The van der Waals surface area contributed by atoms with Crippen molar-refractivity contribution in [3.8, 4) is 5.75 Å². The molecular formula is C28H29N5O3. The number of amides is 2. The van der Waals surface area contributed by atoms with E-state index in [1.54, 1.807) is 24.3 Å². The lowest BCUT2D eigenvalue weighted by atomic mass is 10.1. The molecule has 4 aromatic rings. The van der Waals surface area contributed by atoms with Crippen molar-refractivity contribution in [2.75, 3.05) is 23.8 Å². The maximum Gasteiger partial charge on any atom is 0.258 e. The van der Waals surface area contributed by atoms with E-state index in [-0.39, 0.29) is 11.8 Å². The Morgan fingerprint density at radius 2 is 1.75 bits per heavy atom. The predicted molar refractivity (Wildman–Crippen MR) is 144 cm³/mol. The maximum atomic E-state index is 13.0. The van der Waals surface area contributed by atoms with Crippen LogP contribution in [-0.4, -0.2) is 35.9 Å². The smallest absolute Gasteiger partial charge is 0.258 e. The van der Waals surface area contributed by atoms with E-state index in [4.69, 9.17) is 4.74 Å². The molecular weight excluding hydrogens is 454 g/mol. The fourth-order valence-electron chi connectivity index (χ4n) is 3.80. The Labute approximate surface area is 209 Å². The molecule has 0 bridgehead atoms. The normalized spacial score (nSPS) is 11.2. The van der Waals surface area contributed by atoms with Gasteiger partial charge in [0.2, 0.25) is 11.9 Å². The highest BCUT2D eigenvalue weighted by Gasteiger charge is 2.11. The molecule has 0 fully saturated rings. The minimum atomic E-state index is -0.341. The number of H-pyrrole nitrogens is 1. The number of carbonyl (C=O) groups is 2. The third-order valence-corrected chi connectivity index (χ3v) is 5.43. The van der Waals surface area contributed by atoms with E-state index in [0.29, 0.717) is 36.8 Å². The quantitative estimate of drug-likeness (QED) is 0.210. The summed E-state index contributed by atoms with van der Waals surface area (Å²) in [6, 6.07) is 22.3. The van der Waals surface area contributed by atoms with Crippen LogP contribution in [0, 0.1) is 0 Å². The number of rotatable bonds is 8. The summed E-state index contributed by atoms with van der Waals surface area (Å²) in [5, 5.41) is 9.92. The number of aromatic nitrogens is 1. The van der Waals surface area contributed by atoms with E-state index in [2.05, 4.69) is 32.0 Å². The van der Waals surface area contributed by atoms with E-state index in [1.807, 2.05) is 55.6 Å². The van der Waals surface area contributed by atoms with Crippen molar-refractivity contribution in [1.29, 1.82) is 0 Å². The van der Waals surface area contributed by atoms with Crippen LogP contribution in [-0.2, 0) is 11.2 Å². The monoisotopic (exact) mass is 483 g/mol. The van der Waals surface area contributed by atoms with Crippen LogP contribution in [0.4, 0.5) is 11.4 Å². The van der Waals surface area contributed by atoms with Crippen molar-refractivity contribution in [2.45, 2.75) is 20.3 Å². The van der Waals surface area contributed by atoms with Crippen LogP contribution >= 0.6 is 0 Å². The molecule has 0 spiro atoms. The molecule has 8 heteroatoms. The molecule has 36 heavy (non-hydrogen) atoms. The van der Waals surface area contributed by atoms with Gasteiger partial charge in [-0.3, -0.25) is 19.9 Å². The number of hydrogen-bond donors (Lipinski definition) is 4. The zero-order valence-corrected chi connectivity index (χ0v) is 20.3. The average molecular weight is 484 g/mol. The Morgan fingerprint density at radius 3 is 2.53 bits per heavy atom. The highest BCUT2D eigenvalue weighted by atomic mass is 16.5.